The zero-order chi connectivity index (χ0) is 0. The van der Waals surface area contributed by atoms with Gasteiger partial charge in [0, 0.05) is 24.4 Å². The molecule has 0 heterocycles. The van der Waals surface area contributed by atoms with E-state index in [2.05, 4.69) is 0 Å². The summed E-state index contributed by atoms with van der Waals surface area (Å²) in [6.45, 7) is 0. The van der Waals surface area contributed by atoms with Gasteiger partial charge in [0.15, 0.2) is 0 Å². The third-order valence-corrected chi connectivity index (χ3v) is 0. The summed E-state index contributed by atoms with van der Waals surface area (Å²) < 4.78 is 0. The molecule has 0 amide bonds. The van der Waals surface area contributed by atoms with Crippen molar-refractivity contribution < 1.29 is 73.3 Å². The predicted octanol–water partition coefficient (Wildman–Crippen LogP) is -6.68. The van der Waals surface area contributed by atoms with E-state index in [1.807, 2.05) is 0 Å². The van der Waals surface area contributed by atoms with Crippen molar-refractivity contribution in [1.82, 2.24) is 0 Å². The molecule has 0 spiro atoms. The van der Waals surface area contributed by atoms with E-state index in [4.69, 9.17) is 0 Å². The molecule has 4 nitrogen and oxygen atoms in total. The number of hydrogen-bond donors (Lipinski definition) is 0. The minimum atomic E-state index is 0. The maximum Gasteiger partial charge on any atom is 1.00 e. The van der Waals surface area contributed by atoms with Crippen molar-refractivity contribution >= 4 is 24.4 Å². The molecule has 0 fully saturated rings. The van der Waals surface area contributed by atoms with Crippen LogP contribution in [0, 0.1) is 0 Å². The van der Waals surface area contributed by atoms with Gasteiger partial charge >= 0.3 is 51.4 Å². The molecule has 0 saturated heterocycles. The van der Waals surface area contributed by atoms with Crippen molar-refractivity contribution in [2.24, 2.45) is 0 Å². The fourth-order valence-corrected chi connectivity index (χ4v) is 0. The fraction of sp³-hybridized carbons (Fsp3) is 0. The van der Waals surface area contributed by atoms with Crippen LogP contribution < -0.4 is 51.4 Å². The summed E-state index contributed by atoms with van der Waals surface area (Å²) in [6, 6.07) is 0. The van der Waals surface area contributed by atoms with E-state index in [-0.39, 0.29) is 97.7 Å². The molecule has 0 aromatic carbocycles. The van der Waals surface area contributed by atoms with Gasteiger partial charge in [-0.05, 0) is 0 Å². The maximum absolute atomic E-state index is 0. The van der Waals surface area contributed by atoms with Gasteiger partial charge in [-0.3, -0.25) is 0 Å². The van der Waals surface area contributed by atoms with Crippen LogP contribution in [0.3, 0.4) is 0 Å². The average Bonchev–Trinajstić information content (AvgIpc) is 0. The van der Waals surface area contributed by atoms with Crippen LogP contribution in [0.15, 0.2) is 0 Å². The van der Waals surface area contributed by atoms with Crippen LogP contribution in [0.2, 0.25) is 0 Å². The molecule has 0 bridgehead atoms. The first-order valence-electron chi connectivity index (χ1n) is 0. The molecule has 0 aliphatic heterocycles. The molecule has 0 aromatic rings. The Kier molecular flexibility index (Phi) is 767. The van der Waals surface area contributed by atoms with Crippen molar-refractivity contribution in [1.29, 1.82) is 0 Å². The van der Waals surface area contributed by atoms with Gasteiger partial charge in [-0.15, -0.1) is 0 Å². The maximum atomic E-state index is 0. The smallest absolute Gasteiger partial charge is 0.412 e. The van der Waals surface area contributed by atoms with Gasteiger partial charge in [0.1, 0.15) is 0 Å². The molecule has 0 aromatic heterocycles. The van der Waals surface area contributed by atoms with Crippen LogP contribution >= 0.6 is 0 Å². The quantitative estimate of drug-likeness (QED) is 0.368. The summed E-state index contributed by atoms with van der Waals surface area (Å²) in [6.07, 6.45) is 0. The van der Waals surface area contributed by atoms with Crippen LogP contribution in [0.1, 0.15) is 0 Å². The summed E-state index contributed by atoms with van der Waals surface area (Å²) in [4.78, 5) is 0. The first-order valence-corrected chi connectivity index (χ1v) is 0. The van der Waals surface area contributed by atoms with Crippen LogP contribution in [0.25, 0.3) is 0 Å². The Bertz CT molecular complexity index is 7.51. The third-order valence-electron chi connectivity index (χ3n) is 0. The van der Waals surface area contributed by atoms with Crippen LogP contribution in [-0.4, -0.2) is 46.3 Å². The van der Waals surface area contributed by atoms with Crippen molar-refractivity contribution in [3.63, 3.8) is 0 Å². The van der Waals surface area contributed by atoms with E-state index in [0.717, 1.165) is 0 Å². The molecule has 0 aliphatic rings. The van der Waals surface area contributed by atoms with Crippen molar-refractivity contribution in [2.45, 2.75) is 0 Å². The van der Waals surface area contributed by atoms with Gasteiger partial charge < -0.3 is 21.9 Å². The topological polar surface area (TPSA) is 126 Å². The molecule has 37 valence electrons. The molecule has 6 heteroatoms. The summed E-state index contributed by atoms with van der Waals surface area (Å²) in [5.41, 5.74) is 0. The molecule has 6 heavy (non-hydrogen) atoms. The van der Waals surface area contributed by atoms with Gasteiger partial charge in [-0.25, -0.2) is 0 Å². The Balaban J connectivity index is 0. The molecule has 0 unspecified atom stereocenters. The standard InChI is InChI=1S/K.4H2O.Sb/h;4*1H2;/q+1;;;;;. The van der Waals surface area contributed by atoms with E-state index in [1.165, 1.54) is 0 Å². The molecule has 8 N–H and O–H groups in total. The van der Waals surface area contributed by atoms with E-state index in [0.29, 0.717) is 0 Å². The molecule has 0 atom stereocenters. The molecule has 0 rings (SSSR count). The monoisotopic (exact) mass is 232 g/mol. The molecular weight excluding hydrogens is 225 g/mol. The van der Waals surface area contributed by atoms with Crippen molar-refractivity contribution in [2.75, 3.05) is 0 Å². The normalized spacial score (nSPS) is 0. The van der Waals surface area contributed by atoms with Crippen LogP contribution in [0.5, 0.6) is 0 Å². The minimum Gasteiger partial charge on any atom is -0.412 e. The largest absolute Gasteiger partial charge is 1.00 e. The second kappa shape index (κ2) is 54.9. The van der Waals surface area contributed by atoms with Crippen LogP contribution in [0.4, 0.5) is 0 Å². The SMILES string of the molecule is O.O.O.O.[K+].[Sb]. The molecule has 3 radical (unpaired) electrons. The van der Waals surface area contributed by atoms with E-state index < -0.39 is 0 Å². The fourth-order valence-electron chi connectivity index (χ4n) is 0. The van der Waals surface area contributed by atoms with E-state index in [9.17, 15) is 0 Å². The number of rotatable bonds is 0. The average molecular weight is 233 g/mol. The Morgan fingerprint density at radius 2 is 0.500 bits per heavy atom. The zero-order valence-corrected chi connectivity index (χ0v) is 9.12. The van der Waals surface area contributed by atoms with Gasteiger partial charge in [-0.1, -0.05) is 0 Å². The summed E-state index contributed by atoms with van der Waals surface area (Å²) in [5, 5.41) is 0. The summed E-state index contributed by atoms with van der Waals surface area (Å²) >= 11 is 0. The second-order valence-electron chi connectivity index (χ2n) is 0. The van der Waals surface area contributed by atoms with Gasteiger partial charge in [-0.2, -0.15) is 0 Å². The first kappa shape index (κ1) is 83.8. The van der Waals surface area contributed by atoms with E-state index in [1.54, 1.807) is 0 Å². The van der Waals surface area contributed by atoms with Crippen molar-refractivity contribution in [3.05, 3.63) is 0 Å². The Morgan fingerprint density at radius 1 is 0.500 bits per heavy atom. The van der Waals surface area contributed by atoms with Gasteiger partial charge in [0.2, 0.25) is 0 Å². The molecular formula is H8KO4Sb+. The zero-order valence-electron chi connectivity index (χ0n) is 3.45. The van der Waals surface area contributed by atoms with Crippen LogP contribution in [-0.2, 0) is 0 Å². The Labute approximate surface area is 95.8 Å². The van der Waals surface area contributed by atoms with Gasteiger partial charge in [0.25, 0.3) is 0 Å². The third kappa shape index (κ3) is 33.5. The number of hydrogen-bond acceptors (Lipinski definition) is 0. The first-order chi connectivity index (χ1) is 0. The van der Waals surface area contributed by atoms with E-state index >= 15 is 0 Å². The molecule has 0 saturated carbocycles. The Hall–Kier alpha value is 2.29. The summed E-state index contributed by atoms with van der Waals surface area (Å²) in [7, 11) is 0. The predicted molar refractivity (Wildman–Crippen MR) is 20.2 cm³/mol. The van der Waals surface area contributed by atoms with Gasteiger partial charge in [0.05, 0.1) is 0 Å². The minimum absolute atomic E-state index is 0. The molecule has 0 aliphatic carbocycles. The second-order valence-corrected chi connectivity index (χ2v) is 0. The Morgan fingerprint density at radius 3 is 0.500 bits per heavy atom. The van der Waals surface area contributed by atoms with Crippen molar-refractivity contribution in [3.8, 4) is 0 Å². The summed E-state index contributed by atoms with van der Waals surface area (Å²) in [5.74, 6) is 0.